The lowest BCUT2D eigenvalue weighted by molar-refractivity contribution is -0.133. The summed E-state index contributed by atoms with van der Waals surface area (Å²) in [7, 11) is 3.91. The third-order valence-corrected chi connectivity index (χ3v) is 3.01. The molecule has 1 heterocycles. The summed E-state index contributed by atoms with van der Waals surface area (Å²) in [5, 5.41) is 3.16. The molecule has 0 spiro atoms. The van der Waals surface area contributed by atoms with Crippen LogP contribution in [-0.4, -0.2) is 38.0 Å². The van der Waals surface area contributed by atoms with E-state index in [1.54, 1.807) is 0 Å². The largest absolute Gasteiger partial charge is 0.345 e. The lowest BCUT2D eigenvalue weighted by Gasteiger charge is -2.29. The molecule has 1 aliphatic heterocycles. The van der Waals surface area contributed by atoms with E-state index in [9.17, 15) is 4.79 Å². The molecule has 3 heteroatoms. The number of carbonyl (C=O) groups excluding carboxylic acids is 1. The van der Waals surface area contributed by atoms with Crippen molar-refractivity contribution in [3.05, 3.63) is 0 Å². The van der Waals surface area contributed by atoms with Gasteiger partial charge < -0.3 is 10.2 Å². The topological polar surface area (TPSA) is 32.3 Å². The molecule has 0 aliphatic carbocycles. The van der Waals surface area contributed by atoms with Crippen molar-refractivity contribution in [1.29, 1.82) is 0 Å². The van der Waals surface area contributed by atoms with Gasteiger partial charge in [0.1, 0.15) is 0 Å². The highest BCUT2D eigenvalue weighted by molar-refractivity contribution is 5.76. The van der Waals surface area contributed by atoms with E-state index in [1.807, 2.05) is 19.0 Å². The van der Waals surface area contributed by atoms with Gasteiger partial charge in [-0.25, -0.2) is 0 Å². The summed E-state index contributed by atoms with van der Waals surface area (Å²) >= 11 is 0. The fraction of sp³-hybridized carbons (Fsp3) is 0.909. The zero-order valence-corrected chi connectivity index (χ0v) is 9.38. The fourth-order valence-corrected chi connectivity index (χ4v) is 2.07. The SMILES string of the molecule is CNCCCCC1CCC(=O)N(C)C1. The van der Waals surface area contributed by atoms with Gasteiger partial charge in [0.05, 0.1) is 0 Å². The van der Waals surface area contributed by atoms with Crippen molar-refractivity contribution in [1.82, 2.24) is 10.2 Å². The standard InChI is InChI=1S/C11H22N2O/c1-12-8-4-3-5-10-6-7-11(14)13(2)9-10/h10,12H,3-9H2,1-2H3. The predicted octanol–water partition coefficient (Wildman–Crippen LogP) is 1.24. The third kappa shape index (κ3) is 3.66. The Balaban J connectivity index is 2.10. The highest BCUT2D eigenvalue weighted by atomic mass is 16.2. The second-order valence-electron chi connectivity index (χ2n) is 4.28. The molecule has 1 aliphatic rings. The van der Waals surface area contributed by atoms with Crippen LogP contribution >= 0.6 is 0 Å². The first kappa shape index (κ1) is 11.5. The van der Waals surface area contributed by atoms with Gasteiger partial charge in [0.15, 0.2) is 0 Å². The number of carbonyl (C=O) groups is 1. The van der Waals surface area contributed by atoms with Crippen LogP contribution in [0.2, 0.25) is 0 Å². The Labute approximate surface area is 86.9 Å². The number of likely N-dealkylation sites (tertiary alicyclic amines) is 1. The Morgan fingerprint density at radius 2 is 2.29 bits per heavy atom. The predicted molar refractivity (Wildman–Crippen MR) is 58.1 cm³/mol. The lowest BCUT2D eigenvalue weighted by atomic mass is 9.93. The van der Waals surface area contributed by atoms with Crippen LogP contribution in [0, 0.1) is 5.92 Å². The van der Waals surface area contributed by atoms with Gasteiger partial charge in [0.25, 0.3) is 0 Å². The molecule has 82 valence electrons. The van der Waals surface area contributed by atoms with Gasteiger partial charge in [-0.15, -0.1) is 0 Å². The second kappa shape index (κ2) is 6.02. The molecular formula is C11H22N2O. The Hall–Kier alpha value is -0.570. The maximum Gasteiger partial charge on any atom is 0.222 e. The summed E-state index contributed by atoms with van der Waals surface area (Å²) in [6.07, 6.45) is 5.67. The van der Waals surface area contributed by atoms with Gasteiger partial charge in [0.2, 0.25) is 5.91 Å². The number of hydrogen-bond donors (Lipinski definition) is 1. The zero-order chi connectivity index (χ0) is 10.4. The van der Waals surface area contributed by atoms with Crippen LogP contribution in [0.3, 0.4) is 0 Å². The first-order valence-corrected chi connectivity index (χ1v) is 5.62. The Morgan fingerprint density at radius 1 is 1.50 bits per heavy atom. The number of amides is 1. The summed E-state index contributed by atoms with van der Waals surface area (Å²) in [6, 6.07) is 0. The molecule has 0 aromatic rings. The number of nitrogens with zero attached hydrogens (tertiary/aromatic N) is 1. The maximum absolute atomic E-state index is 11.2. The van der Waals surface area contributed by atoms with Crippen LogP contribution in [0.5, 0.6) is 0 Å². The Morgan fingerprint density at radius 3 is 2.93 bits per heavy atom. The minimum atomic E-state index is 0.316. The molecule has 1 atom stereocenters. The van der Waals surface area contributed by atoms with Crippen molar-refractivity contribution in [2.45, 2.75) is 32.1 Å². The van der Waals surface area contributed by atoms with Gasteiger partial charge in [-0.05, 0) is 38.8 Å². The molecule has 0 aromatic carbocycles. The van der Waals surface area contributed by atoms with E-state index in [0.29, 0.717) is 5.91 Å². The first-order valence-electron chi connectivity index (χ1n) is 5.62. The van der Waals surface area contributed by atoms with Gasteiger partial charge in [0, 0.05) is 20.0 Å². The average Bonchev–Trinajstić information content (AvgIpc) is 2.18. The molecule has 0 saturated carbocycles. The van der Waals surface area contributed by atoms with E-state index in [4.69, 9.17) is 0 Å². The maximum atomic E-state index is 11.2. The lowest BCUT2D eigenvalue weighted by Crippen LogP contribution is -2.36. The average molecular weight is 198 g/mol. The Bertz CT molecular complexity index is 182. The van der Waals surface area contributed by atoms with Gasteiger partial charge in [-0.1, -0.05) is 6.42 Å². The summed E-state index contributed by atoms with van der Waals surface area (Å²) in [4.78, 5) is 13.1. The second-order valence-corrected chi connectivity index (χ2v) is 4.28. The van der Waals surface area contributed by atoms with E-state index in [2.05, 4.69) is 5.32 Å². The highest BCUT2D eigenvalue weighted by Gasteiger charge is 2.21. The molecule has 1 rings (SSSR count). The summed E-state index contributed by atoms with van der Waals surface area (Å²) in [5.74, 6) is 1.06. The molecular weight excluding hydrogens is 176 g/mol. The van der Waals surface area contributed by atoms with Crippen molar-refractivity contribution in [3.63, 3.8) is 0 Å². The number of rotatable bonds is 5. The molecule has 1 amide bonds. The van der Waals surface area contributed by atoms with Gasteiger partial charge in [-0.2, -0.15) is 0 Å². The third-order valence-electron chi connectivity index (χ3n) is 3.01. The molecule has 0 bridgehead atoms. The molecule has 1 saturated heterocycles. The molecule has 1 unspecified atom stereocenters. The minimum absolute atomic E-state index is 0.316. The quantitative estimate of drug-likeness (QED) is 0.674. The number of piperidine rings is 1. The summed E-state index contributed by atoms with van der Waals surface area (Å²) in [5.41, 5.74) is 0. The number of hydrogen-bond acceptors (Lipinski definition) is 2. The fourth-order valence-electron chi connectivity index (χ4n) is 2.07. The molecule has 0 aromatic heterocycles. The van der Waals surface area contributed by atoms with E-state index in [-0.39, 0.29) is 0 Å². The van der Waals surface area contributed by atoms with E-state index < -0.39 is 0 Å². The van der Waals surface area contributed by atoms with Crippen molar-refractivity contribution < 1.29 is 4.79 Å². The number of unbranched alkanes of at least 4 members (excludes halogenated alkanes) is 1. The van der Waals surface area contributed by atoms with Crippen molar-refractivity contribution in [3.8, 4) is 0 Å². The first-order chi connectivity index (χ1) is 6.74. The smallest absolute Gasteiger partial charge is 0.222 e. The summed E-state index contributed by atoms with van der Waals surface area (Å²) in [6.45, 7) is 2.08. The molecule has 1 N–H and O–H groups in total. The molecule has 1 fully saturated rings. The van der Waals surface area contributed by atoms with E-state index >= 15 is 0 Å². The van der Waals surface area contributed by atoms with Crippen LogP contribution in [-0.2, 0) is 4.79 Å². The van der Waals surface area contributed by atoms with Crippen molar-refractivity contribution in [2.24, 2.45) is 5.92 Å². The minimum Gasteiger partial charge on any atom is -0.345 e. The van der Waals surface area contributed by atoms with Crippen LogP contribution in [0.4, 0.5) is 0 Å². The van der Waals surface area contributed by atoms with Crippen molar-refractivity contribution in [2.75, 3.05) is 27.2 Å². The van der Waals surface area contributed by atoms with Gasteiger partial charge >= 0.3 is 0 Å². The van der Waals surface area contributed by atoms with Gasteiger partial charge in [-0.3, -0.25) is 4.79 Å². The highest BCUT2D eigenvalue weighted by Crippen LogP contribution is 2.21. The molecule has 3 nitrogen and oxygen atoms in total. The molecule has 14 heavy (non-hydrogen) atoms. The van der Waals surface area contributed by atoms with Crippen LogP contribution < -0.4 is 5.32 Å². The normalized spacial score (nSPS) is 22.9. The van der Waals surface area contributed by atoms with Crippen LogP contribution in [0.15, 0.2) is 0 Å². The van der Waals surface area contributed by atoms with Crippen LogP contribution in [0.25, 0.3) is 0 Å². The monoisotopic (exact) mass is 198 g/mol. The Kier molecular flexibility index (Phi) is 4.94. The van der Waals surface area contributed by atoms with Crippen LogP contribution in [0.1, 0.15) is 32.1 Å². The summed E-state index contributed by atoms with van der Waals surface area (Å²) < 4.78 is 0. The van der Waals surface area contributed by atoms with Crippen molar-refractivity contribution >= 4 is 5.91 Å². The number of nitrogens with one attached hydrogen (secondary N) is 1. The van der Waals surface area contributed by atoms with E-state index in [1.165, 1.54) is 19.3 Å². The molecule has 0 radical (unpaired) electrons. The zero-order valence-electron chi connectivity index (χ0n) is 9.38. The van der Waals surface area contributed by atoms with E-state index in [0.717, 1.165) is 31.8 Å².